The van der Waals surface area contributed by atoms with Gasteiger partial charge < -0.3 is 10.4 Å². The van der Waals surface area contributed by atoms with Gasteiger partial charge in [-0.15, -0.1) is 0 Å². The average Bonchev–Trinajstić information content (AvgIpc) is 2.46. The summed E-state index contributed by atoms with van der Waals surface area (Å²) in [6.45, 7) is 2.88. The van der Waals surface area contributed by atoms with Crippen LogP contribution in [0.1, 0.15) is 18.5 Å². The first-order chi connectivity index (χ1) is 8.81. The zero-order chi connectivity index (χ0) is 12.8. The molecule has 1 aromatic heterocycles. The summed E-state index contributed by atoms with van der Waals surface area (Å²) >= 11 is 0. The van der Waals surface area contributed by atoms with Crippen LogP contribution in [0, 0.1) is 0 Å². The fraction of sp³-hybridized carbons (Fsp3) is 0.267. The van der Waals surface area contributed by atoms with Crippen LogP contribution in [0.3, 0.4) is 0 Å². The second kappa shape index (κ2) is 6.28. The first kappa shape index (κ1) is 12.7. The lowest BCUT2D eigenvalue weighted by Crippen LogP contribution is -2.21. The average molecular weight is 242 g/mol. The summed E-state index contributed by atoms with van der Waals surface area (Å²) in [6.07, 6.45) is 3.60. The van der Waals surface area contributed by atoms with E-state index in [2.05, 4.69) is 41.5 Å². The van der Waals surface area contributed by atoms with Crippen molar-refractivity contribution in [2.24, 2.45) is 0 Å². The topological polar surface area (TPSA) is 45.1 Å². The summed E-state index contributed by atoms with van der Waals surface area (Å²) in [5, 5.41) is 12.0. The van der Waals surface area contributed by atoms with Gasteiger partial charge in [0.15, 0.2) is 0 Å². The molecule has 1 aromatic carbocycles. The maximum absolute atomic E-state index is 8.79. The molecule has 2 N–H and O–H groups in total. The minimum Gasteiger partial charge on any atom is -0.395 e. The first-order valence-corrected chi connectivity index (χ1v) is 6.16. The van der Waals surface area contributed by atoms with E-state index in [1.807, 2.05) is 12.1 Å². The van der Waals surface area contributed by atoms with Gasteiger partial charge in [0.1, 0.15) is 0 Å². The molecule has 2 aromatic rings. The van der Waals surface area contributed by atoms with Crippen molar-refractivity contribution in [3.05, 3.63) is 54.4 Å². The lowest BCUT2D eigenvalue weighted by atomic mass is 10.0. The van der Waals surface area contributed by atoms with Crippen LogP contribution in [-0.4, -0.2) is 23.2 Å². The van der Waals surface area contributed by atoms with Crippen LogP contribution in [0.5, 0.6) is 0 Å². The van der Waals surface area contributed by atoms with Gasteiger partial charge in [-0.3, -0.25) is 4.98 Å². The molecule has 94 valence electrons. The highest BCUT2D eigenvalue weighted by molar-refractivity contribution is 5.62. The van der Waals surface area contributed by atoms with E-state index in [0.717, 1.165) is 0 Å². The van der Waals surface area contributed by atoms with Crippen LogP contribution in [0.4, 0.5) is 0 Å². The number of nitrogens with one attached hydrogen (secondary N) is 1. The SMILES string of the molecule is CC(NCCO)c1ccc(-c2ccncc2)cc1. The van der Waals surface area contributed by atoms with Gasteiger partial charge in [-0.05, 0) is 35.7 Å². The lowest BCUT2D eigenvalue weighted by Gasteiger charge is -2.13. The lowest BCUT2D eigenvalue weighted by molar-refractivity contribution is 0.286. The zero-order valence-electron chi connectivity index (χ0n) is 10.5. The highest BCUT2D eigenvalue weighted by Gasteiger charge is 2.04. The van der Waals surface area contributed by atoms with E-state index in [0.29, 0.717) is 6.54 Å². The third-order valence-electron chi connectivity index (χ3n) is 2.99. The van der Waals surface area contributed by atoms with E-state index in [9.17, 15) is 0 Å². The van der Waals surface area contributed by atoms with Crippen molar-refractivity contribution in [3.63, 3.8) is 0 Å². The Morgan fingerprint density at radius 1 is 1.06 bits per heavy atom. The summed E-state index contributed by atoms with van der Waals surface area (Å²) in [6, 6.07) is 12.7. The molecule has 0 saturated carbocycles. The van der Waals surface area contributed by atoms with Gasteiger partial charge in [-0.2, -0.15) is 0 Å². The van der Waals surface area contributed by atoms with Gasteiger partial charge in [0, 0.05) is 25.0 Å². The fourth-order valence-corrected chi connectivity index (χ4v) is 1.91. The molecular formula is C15H18N2O. The first-order valence-electron chi connectivity index (χ1n) is 6.16. The third-order valence-corrected chi connectivity index (χ3v) is 2.99. The summed E-state index contributed by atoms with van der Waals surface area (Å²) in [7, 11) is 0. The molecule has 0 saturated heterocycles. The van der Waals surface area contributed by atoms with Crippen molar-refractivity contribution in [3.8, 4) is 11.1 Å². The number of aromatic nitrogens is 1. The van der Waals surface area contributed by atoms with E-state index in [1.165, 1.54) is 16.7 Å². The summed E-state index contributed by atoms with van der Waals surface area (Å²) in [5.74, 6) is 0. The van der Waals surface area contributed by atoms with Crippen molar-refractivity contribution in [2.75, 3.05) is 13.2 Å². The molecule has 1 heterocycles. The van der Waals surface area contributed by atoms with Crippen LogP contribution < -0.4 is 5.32 Å². The molecule has 1 atom stereocenters. The van der Waals surface area contributed by atoms with Gasteiger partial charge >= 0.3 is 0 Å². The predicted octanol–water partition coefficient (Wildman–Crippen LogP) is 2.39. The molecule has 3 heteroatoms. The number of hydrogen-bond acceptors (Lipinski definition) is 3. The molecule has 3 nitrogen and oxygen atoms in total. The van der Waals surface area contributed by atoms with Crippen molar-refractivity contribution >= 4 is 0 Å². The Balaban J connectivity index is 2.10. The van der Waals surface area contributed by atoms with Crippen LogP contribution >= 0.6 is 0 Å². The minimum atomic E-state index is 0.166. The van der Waals surface area contributed by atoms with E-state index in [4.69, 9.17) is 5.11 Å². The molecule has 0 aliphatic carbocycles. The minimum absolute atomic E-state index is 0.166. The second-order valence-corrected chi connectivity index (χ2v) is 4.26. The quantitative estimate of drug-likeness (QED) is 0.846. The molecule has 0 spiro atoms. The maximum atomic E-state index is 8.79. The number of nitrogens with zero attached hydrogens (tertiary/aromatic N) is 1. The second-order valence-electron chi connectivity index (χ2n) is 4.26. The third kappa shape index (κ3) is 3.15. The predicted molar refractivity (Wildman–Crippen MR) is 73.2 cm³/mol. The van der Waals surface area contributed by atoms with Gasteiger partial charge in [-0.1, -0.05) is 24.3 Å². The van der Waals surface area contributed by atoms with Crippen molar-refractivity contribution in [1.29, 1.82) is 0 Å². The molecule has 0 aliphatic heterocycles. The normalized spacial score (nSPS) is 12.3. The number of hydrogen-bond donors (Lipinski definition) is 2. The highest BCUT2D eigenvalue weighted by atomic mass is 16.3. The van der Waals surface area contributed by atoms with E-state index in [1.54, 1.807) is 12.4 Å². The number of benzene rings is 1. The van der Waals surface area contributed by atoms with Crippen LogP contribution in [0.25, 0.3) is 11.1 Å². The molecule has 0 aliphatic rings. The van der Waals surface area contributed by atoms with Gasteiger partial charge in [0.25, 0.3) is 0 Å². The van der Waals surface area contributed by atoms with E-state index >= 15 is 0 Å². The smallest absolute Gasteiger partial charge is 0.0556 e. The van der Waals surface area contributed by atoms with E-state index < -0.39 is 0 Å². The molecule has 2 rings (SSSR count). The number of aliphatic hydroxyl groups excluding tert-OH is 1. The molecule has 0 amide bonds. The number of pyridine rings is 1. The molecule has 0 radical (unpaired) electrons. The van der Waals surface area contributed by atoms with Crippen molar-refractivity contribution in [1.82, 2.24) is 10.3 Å². The molecular weight excluding hydrogens is 224 g/mol. The Morgan fingerprint density at radius 2 is 1.67 bits per heavy atom. The highest BCUT2D eigenvalue weighted by Crippen LogP contribution is 2.21. The Hall–Kier alpha value is -1.71. The number of rotatable bonds is 5. The van der Waals surface area contributed by atoms with Crippen LogP contribution in [0.2, 0.25) is 0 Å². The van der Waals surface area contributed by atoms with Gasteiger partial charge in [-0.25, -0.2) is 0 Å². The molecule has 0 fully saturated rings. The van der Waals surface area contributed by atoms with Gasteiger partial charge in [0.2, 0.25) is 0 Å². The Kier molecular flexibility index (Phi) is 4.45. The molecule has 1 unspecified atom stereocenters. The fourth-order valence-electron chi connectivity index (χ4n) is 1.91. The van der Waals surface area contributed by atoms with Crippen molar-refractivity contribution in [2.45, 2.75) is 13.0 Å². The van der Waals surface area contributed by atoms with Crippen molar-refractivity contribution < 1.29 is 5.11 Å². The van der Waals surface area contributed by atoms with Gasteiger partial charge in [0.05, 0.1) is 6.61 Å². The zero-order valence-corrected chi connectivity index (χ0v) is 10.5. The Labute approximate surface area is 108 Å². The van der Waals surface area contributed by atoms with Crippen LogP contribution in [0.15, 0.2) is 48.8 Å². The summed E-state index contributed by atoms with van der Waals surface area (Å²) in [4.78, 5) is 4.02. The summed E-state index contributed by atoms with van der Waals surface area (Å²) in [5.41, 5.74) is 3.59. The monoisotopic (exact) mass is 242 g/mol. The Morgan fingerprint density at radius 3 is 2.28 bits per heavy atom. The Bertz CT molecular complexity index is 468. The molecule has 18 heavy (non-hydrogen) atoms. The van der Waals surface area contributed by atoms with Crippen LogP contribution in [-0.2, 0) is 0 Å². The van der Waals surface area contributed by atoms with E-state index in [-0.39, 0.29) is 12.6 Å². The standard InChI is InChI=1S/C15H18N2O/c1-12(17-10-11-18)13-2-4-14(5-3-13)15-6-8-16-9-7-15/h2-9,12,17-18H,10-11H2,1H3. The summed E-state index contributed by atoms with van der Waals surface area (Å²) < 4.78 is 0. The largest absolute Gasteiger partial charge is 0.395 e. The molecule has 0 bridgehead atoms. The number of aliphatic hydroxyl groups is 1. The maximum Gasteiger partial charge on any atom is 0.0556 e.